The third-order valence-electron chi connectivity index (χ3n) is 4.10. The van der Waals surface area contributed by atoms with E-state index in [1.165, 1.54) is 0 Å². The van der Waals surface area contributed by atoms with E-state index in [2.05, 4.69) is 20.3 Å². The molecule has 2 aromatic heterocycles. The number of nitrogens with one attached hydrogen (secondary N) is 1. The fourth-order valence-corrected chi connectivity index (χ4v) is 4.59. The van der Waals surface area contributed by atoms with E-state index in [0.717, 1.165) is 16.5 Å². The molecule has 6 nitrogen and oxygen atoms in total. The van der Waals surface area contributed by atoms with E-state index in [-0.39, 0.29) is 17.5 Å². The smallest absolute Gasteiger partial charge is 0.163 e. The summed E-state index contributed by atoms with van der Waals surface area (Å²) in [5.41, 5.74) is 1.64. The number of benzene rings is 1. The SMILES string of the molecule is O=S1(=O)CC[C@H](Nc2nc(-c3cccnc3)nc3ccccc23)C1. The van der Waals surface area contributed by atoms with Crippen LogP contribution in [0.4, 0.5) is 5.82 Å². The Labute approximate surface area is 139 Å². The second-order valence-corrected chi connectivity index (χ2v) is 8.13. The number of fused-ring (bicyclic) bond motifs is 1. The van der Waals surface area contributed by atoms with Crippen LogP contribution >= 0.6 is 0 Å². The number of para-hydroxylation sites is 1. The van der Waals surface area contributed by atoms with Gasteiger partial charge in [-0.05, 0) is 30.7 Å². The zero-order valence-electron chi connectivity index (χ0n) is 12.9. The standard InChI is InChI=1S/C17H16N4O2S/c22-24(23)9-7-13(11-24)19-17-14-5-1-2-6-15(14)20-16(21-17)12-4-3-8-18-10-12/h1-6,8,10,13H,7,9,11H2,(H,19,20,21)/t13-/m0/s1. The average Bonchev–Trinajstić information content (AvgIpc) is 2.94. The van der Waals surface area contributed by atoms with Gasteiger partial charge in [0.15, 0.2) is 15.7 Å². The van der Waals surface area contributed by atoms with Gasteiger partial charge in [-0.15, -0.1) is 0 Å². The van der Waals surface area contributed by atoms with Crippen LogP contribution in [0.5, 0.6) is 0 Å². The number of rotatable bonds is 3. The molecular formula is C17H16N4O2S. The van der Waals surface area contributed by atoms with Gasteiger partial charge in [0.1, 0.15) is 5.82 Å². The first-order chi connectivity index (χ1) is 11.6. The lowest BCUT2D eigenvalue weighted by atomic mass is 10.2. The maximum atomic E-state index is 11.7. The number of nitrogens with zero attached hydrogens (tertiary/aromatic N) is 3. The predicted octanol–water partition coefficient (Wildman–Crippen LogP) is 2.29. The molecular weight excluding hydrogens is 324 g/mol. The van der Waals surface area contributed by atoms with Crippen LogP contribution in [0.15, 0.2) is 48.8 Å². The Balaban J connectivity index is 1.78. The first-order valence-corrected chi connectivity index (χ1v) is 9.57. The molecule has 0 radical (unpaired) electrons. The van der Waals surface area contributed by atoms with Crippen molar-refractivity contribution in [1.29, 1.82) is 0 Å². The molecule has 0 aliphatic carbocycles. The van der Waals surface area contributed by atoms with Crippen molar-refractivity contribution < 1.29 is 8.42 Å². The first kappa shape index (κ1) is 15.0. The lowest BCUT2D eigenvalue weighted by Crippen LogP contribution is -2.21. The zero-order chi connectivity index (χ0) is 16.6. The minimum atomic E-state index is -2.95. The van der Waals surface area contributed by atoms with E-state index in [4.69, 9.17) is 0 Å². The lowest BCUT2D eigenvalue weighted by molar-refractivity contribution is 0.602. The average molecular weight is 340 g/mol. The quantitative estimate of drug-likeness (QED) is 0.787. The summed E-state index contributed by atoms with van der Waals surface area (Å²) in [6.45, 7) is 0. The molecule has 1 N–H and O–H groups in total. The zero-order valence-corrected chi connectivity index (χ0v) is 13.7. The van der Waals surface area contributed by atoms with Crippen molar-refractivity contribution in [2.75, 3.05) is 16.8 Å². The highest BCUT2D eigenvalue weighted by atomic mass is 32.2. The van der Waals surface area contributed by atoms with Gasteiger partial charge in [0.05, 0.1) is 17.0 Å². The van der Waals surface area contributed by atoms with E-state index in [1.807, 2.05) is 36.4 Å². The number of hydrogen-bond acceptors (Lipinski definition) is 6. The molecule has 1 aliphatic heterocycles. The molecule has 24 heavy (non-hydrogen) atoms. The lowest BCUT2D eigenvalue weighted by Gasteiger charge is -2.14. The summed E-state index contributed by atoms with van der Waals surface area (Å²) in [5.74, 6) is 1.61. The predicted molar refractivity (Wildman–Crippen MR) is 93.5 cm³/mol. The Morgan fingerprint density at radius 1 is 1.08 bits per heavy atom. The Kier molecular flexibility index (Phi) is 3.65. The van der Waals surface area contributed by atoms with Crippen LogP contribution in [0.1, 0.15) is 6.42 Å². The van der Waals surface area contributed by atoms with E-state index in [9.17, 15) is 8.42 Å². The number of sulfone groups is 1. The van der Waals surface area contributed by atoms with Gasteiger partial charge in [-0.25, -0.2) is 18.4 Å². The van der Waals surface area contributed by atoms with Gasteiger partial charge in [-0.1, -0.05) is 12.1 Å². The molecule has 1 saturated heterocycles. The molecule has 7 heteroatoms. The monoisotopic (exact) mass is 340 g/mol. The Hall–Kier alpha value is -2.54. The van der Waals surface area contributed by atoms with Crippen molar-refractivity contribution in [3.8, 4) is 11.4 Å². The molecule has 1 fully saturated rings. The van der Waals surface area contributed by atoms with Crippen molar-refractivity contribution in [1.82, 2.24) is 15.0 Å². The van der Waals surface area contributed by atoms with E-state index >= 15 is 0 Å². The van der Waals surface area contributed by atoms with Gasteiger partial charge in [0, 0.05) is 29.4 Å². The highest BCUT2D eigenvalue weighted by molar-refractivity contribution is 7.91. The summed E-state index contributed by atoms with van der Waals surface area (Å²) in [7, 11) is -2.95. The maximum Gasteiger partial charge on any atom is 0.163 e. The molecule has 1 aliphatic rings. The van der Waals surface area contributed by atoms with Crippen molar-refractivity contribution in [2.45, 2.75) is 12.5 Å². The van der Waals surface area contributed by atoms with E-state index in [0.29, 0.717) is 18.1 Å². The molecule has 0 saturated carbocycles. The van der Waals surface area contributed by atoms with Gasteiger partial charge in [-0.3, -0.25) is 4.98 Å². The van der Waals surface area contributed by atoms with Crippen molar-refractivity contribution >= 4 is 26.6 Å². The molecule has 122 valence electrons. The Morgan fingerprint density at radius 2 is 1.96 bits per heavy atom. The number of pyridine rings is 1. The third kappa shape index (κ3) is 2.94. The molecule has 3 aromatic rings. The highest BCUT2D eigenvalue weighted by Gasteiger charge is 2.28. The highest BCUT2D eigenvalue weighted by Crippen LogP contribution is 2.26. The van der Waals surface area contributed by atoms with Crippen LogP contribution in [0.25, 0.3) is 22.3 Å². The van der Waals surface area contributed by atoms with Crippen molar-refractivity contribution in [2.24, 2.45) is 0 Å². The third-order valence-corrected chi connectivity index (χ3v) is 5.86. The van der Waals surface area contributed by atoms with Crippen LogP contribution in [-0.2, 0) is 9.84 Å². The molecule has 0 unspecified atom stereocenters. The Morgan fingerprint density at radius 3 is 2.71 bits per heavy atom. The normalized spacial score (nSPS) is 19.4. The van der Waals surface area contributed by atoms with Crippen molar-refractivity contribution in [3.05, 3.63) is 48.8 Å². The molecule has 0 spiro atoms. The number of anilines is 1. The summed E-state index contributed by atoms with van der Waals surface area (Å²) < 4.78 is 23.4. The number of aromatic nitrogens is 3. The second kappa shape index (κ2) is 5.83. The molecule has 1 atom stereocenters. The van der Waals surface area contributed by atoms with E-state index in [1.54, 1.807) is 12.4 Å². The second-order valence-electron chi connectivity index (χ2n) is 5.90. The van der Waals surface area contributed by atoms with Gasteiger partial charge >= 0.3 is 0 Å². The van der Waals surface area contributed by atoms with Gasteiger partial charge < -0.3 is 5.32 Å². The topological polar surface area (TPSA) is 84.8 Å². The van der Waals surface area contributed by atoms with Gasteiger partial charge in [0.2, 0.25) is 0 Å². The van der Waals surface area contributed by atoms with Gasteiger partial charge in [-0.2, -0.15) is 0 Å². The minimum absolute atomic E-state index is 0.116. The van der Waals surface area contributed by atoms with Crippen molar-refractivity contribution in [3.63, 3.8) is 0 Å². The van der Waals surface area contributed by atoms with Gasteiger partial charge in [0.25, 0.3) is 0 Å². The summed E-state index contributed by atoms with van der Waals surface area (Å²) in [4.78, 5) is 13.3. The molecule has 0 bridgehead atoms. The molecule has 1 aromatic carbocycles. The van der Waals surface area contributed by atoms with Crippen LogP contribution in [-0.4, -0.2) is 40.9 Å². The Bertz CT molecular complexity index is 990. The minimum Gasteiger partial charge on any atom is -0.366 e. The summed E-state index contributed by atoms with van der Waals surface area (Å²) in [5, 5.41) is 4.18. The fraction of sp³-hybridized carbons (Fsp3) is 0.235. The molecule has 0 amide bonds. The molecule has 4 rings (SSSR count). The fourth-order valence-electron chi connectivity index (χ4n) is 2.91. The summed E-state index contributed by atoms with van der Waals surface area (Å²) in [6.07, 6.45) is 4.02. The van der Waals surface area contributed by atoms with E-state index < -0.39 is 9.84 Å². The summed E-state index contributed by atoms with van der Waals surface area (Å²) >= 11 is 0. The first-order valence-electron chi connectivity index (χ1n) is 7.75. The maximum absolute atomic E-state index is 11.7. The number of hydrogen-bond donors (Lipinski definition) is 1. The largest absolute Gasteiger partial charge is 0.366 e. The summed E-state index contributed by atoms with van der Waals surface area (Å²) in [6, 6.07) is 11.3. The van der Waals surface area contributed by atoms with Crippen LogP contribution < -0.4 is 5.32 Å². The van der Waals surface area contributed by atoms with Crippen LogP contribution in [0.3, 0.4) is 0 Å². The van der Waals surface area contributed by atoms with Crippen LogP contribution in [0.2, 0.25) is 0 Å². The molecule has 3 heterocycles. The van der Waals surface area contributed by atoms with Crippen LogP contribution in [0, 0.1) is 0 Å².